The van der Waals surface area contributed by atoms with Crippen molar-refractivity contribution in [3.8, 4) is 22.3 Å². The Morgan fingerprint density at radius 3 is 1.11 bits per heavy atom. The van der Waals surface area contributed by atoms with Crippen LogP contribution in [0.25, 0.3) is 66.1 Å². The Kier molecular flexibility index (Phi) is 9.18. The number of nitrogens with zero attached hydrogens (tertiary/aromatic N) is 2. The zero-order chi connectivity index (χ0) is 48.1. The Morgan fingerprint density at radius 1 is 0.343 bits per heavy atom. The fourth-order valence-corrected chi connectivity index (χ4v) is 18.6. The van der Waals surface area contributed by atoms with Gasteiger partial charge in [-0.2, -0.15) is 0 Å². The first-order valence-electron chi connectivity index (χ1n) is 24.8. The van der Waals surface area contributed by atoms with E-state index in [2.05, 4.69) is 235 Å². The zero-order valence-electron chi connectivity index (χ0n) is 41.7. The number of fused-ring (bicyclic) bond motifs is 14. The lowest BCUT2D eigenvalue weighted by atomic mass is 9.94. The van der Waals surface area contributed by atoms with Crippen LogP contribution in [-0.2, 0) is 0 Å². The third-order valence-corrected chi connectivity index (χ3v) is 23.0. The molecule has 11 aromatic rings. The predicted molar refractivity (Wildman–Crippen MR) is 303 cm³/mol. The number of benzene rings is 9. The highest BCUT2D eigenvalue weighted by Gasteiger charge is 2.47. The lowest BCUT2D eigenvalue weighted by molar-refractivity contribution is 0.669. The molecule has 0 saturated carbocycles. The highest BCUT2D eigenvalue weighted by Crippen LogP contribution is 2.52. The molecule has 0 spiro atoms. The van der Waals surface area contributed by atoms with Crippen LogP contribution in [0, 0.1) is 41.5 Å². The number of anilines is 6. The molecular weight excluding hydrogens is 885 g/mol. The van der Waals surface area contributed by atoms with Crippen LogP contribution in [0.4, 0.5) is 34.1 Å². The van der Waals surface area contributed by atoms with E-state index in [9.17, 15) is 0 Å². The van der Waals surface area contributed by atoms with Gasteiger partial charge in [-0.15, -0.1) is 0 Å². The van der Waals surface area contributed by atoms with E-state index in [0.717, 1.165) is 67.2 Å². The zero-order valence-corrected chi connectivity index (χ0v) is 43.7. The largest absolute Gasteiger partial charge is 0.454 e. The normalized spacial score (nSPS) is 14.1. The Balaban J connectivity index is 1.10. The lowest BCUT2D eigenvalue weighted by Crippen LogP contribution is -2.51. The summed E-state index contributed by atoms with van der Waals surface area (Å²) in [5, 5.41) is 10.6. The van der Waals surface area contributed by atoms with Crippen LogP contribution in [0.3, 0.4) is 0 Å². The molecule has 2 aliphatic rings. The summed E-state index contributed by atoms with van der Waals surface area (Å²) in [6.45, 7) is 23.6. The summed E-state index contributed by atoms with van der Waals surface area (Å²) in [7, 11) is -4.82. The van der Waals surface area contributed by atoms with Crippen molar-refractivity contribution in [2.24, 2.45) is 0 Å². The molecule has 0 bridgehead atoms. The van der Waals surface area contributed by atoms with Crippen LogP contribution in [-0.4, -0.2) is 16.1 Å². The van der Waals surface area contributed by atoms with E-state index in [1.807, 2.05) is 0 Å². The standard InChI is InChI=1S/C64H56N2O2Si2/c1-37-27-29-49(41(5)31-37)65(47-23-15-11-19-39(47)3)51-35-57-59(61-43-21-13-17-25-53(43)67-63(51)61)45-33-56-46(34-55(45)69(57,7)8)60-58(70(56,9)10)36-52(64-62(60)44-22-14-18-26-54(44)68-64)66(48-24-16-12-20-40(48)4)50-30-28-38(2)32-42(50)6/h11-36H,1-10H3. The van der Waals surface area contributed by atoms with Crippen LogP contribution in [0.1, 0.15) is 33.4 Å². The van der Waals surface area contributed by atoms with E-state index in [1.165, 1.54) is 87.2 Å². The minimum absolute atomic E-state index is 0.914. The molecule has 6 heteroatoms. The van der Waals surface area contributed by atoms with Crippen LogP contribution in [0.15, 0.2) is 167 Å². The van der Waals surface area contributed by atoms with Crippen molar-refractivity contribution in [3.63, 3.8) is 0 Å². The molecule has 342 valence electrons. The molecule has 4 nitrogen and oxygen atoms in total. The van der Waals surface area contributed by atoms with Gasteiger partial charge in [0.25, 0.3) is 0 Å². The molecule has 9 aromatic carbocycles. The highest BCUT2D eigenvalue weighted by molar-refractivity contribution is 7.06. The maximum Gasteiger partial charge on any atom is 0.160 e. The monoisotopic (exact) mass is 940 g/mol. The predicted octanol–water partition coefficient (Wildman–Crippen LogP) is 15.9. The Morgan fingerprint density at radius 2 is 0.714 bits per heavy atom. The minimum Gasteiger partial charge on any atom is -0.454 e. The van der Waals surface area contributed by atoms with Crippen molar-refractivity contribution < 1.29 is 8.83 Å². The van der Waals surface area contributed by atoms with Crippen molar-refractivity contribution in [1.29, 1.82) is 0 Å². The summed E-state index contributed by atoms with van der Waals surface area (Å²) in [6.07, 6.45) is 0. The van der Waals surface area contributed by atoms with Gasteiger partial charge in [0.05, 0.1) is 11.4 Å². The summed E-state index contributed by atoms with van der Waals surface area (Å²) >= 11 is 0. The van der Waals surface area contributed by atoms with E-state index in [0.29, 0.717) is 0 Å². The summed E-state index contributed by atoms with van der Waals surface area (Å²) in [5.41, 5.74) is 23.4. The fraction of sp³-hybridized carbons (Fsp3) is 0.156. The van der Waals surface area contributed by atoms with Crippen molar-refractivity contribution >= 4 is 115 Å². The van der Waals surface area contributed by atoms with Crippen molar-refractivity contribution in [1.82, 2.24) is 0 Å². The van der Waals surface area contributed by atoms with Gasteiger partial charge in [0, 0.05) is 44.3 Å². The summed E-state index contributed by atoms with van der Waals surface area (Å²) in [4.78, 5) is 4.96. The number of hydrogen-bond acceptors (Lipinski definition) is 4. The van der Waals surface area contributed by atoms with Gasteiger partial charge < -0.3 is 18.6 Å². The second kappa shape index (κ2) is 15.1. The topological polar surface area (TPSA) is 32.8 Å². The van der Waals surface area contributed by atoms with Crippen molar-refractivity contribution in [2.75, 3.05) is 9.80 Å². The van der Waals surface area contributed by atoms with Crippen molar-refractivity contribution in [2.45, 2.75) is 67.7 Å². The molecule has 2 aliphatic heterocycles. The molecule has 0 fully saturated rings. The number of aryl methyl sites for hydroxylation is 6. The van der Waals surface area contributed by atoms with Gasteiger partial charge in [-0.05, 0) is 155 Å². The SMILES string of the molecule is Cc1ccc(N(c2ccccc2C)c2cc3c(c4c2oc2ccccc24)-c2cc4c(cc2[Si]3(C)C)-c2c(cc(N(c3ccccc3C)c3ccc(C)cc3C)c3oc5ccccc5c23)[Si]4(C)C)c(C)c1. The summed E-state index contributed by atoms with van der Waals surface area (Å²) < 4.78 is 14.4. The average molecular weight is 941 g/mol. The van der Waals surface area contributed by atoms with Crippen LogP contribution in [0.5, 0.6) is 0 Å². The van der Waals surface area contributed by atoms with Crippen molar-refractivity contribution in [3.05, 3.63) is 191 Å². The Hall–Kier alpha value is -7.39. The molecule has 0 aliphatic carbocycles. The van der Waals surface area contributed by atoms with E-state index in [1.54, 1.807) is 0 Å². The average Bonchev–Trinajstić information content (AvgIpc) is 4.04. The molecule has 0 atom stereocenters. The van der Waals surface area contributed by atoms with Crippen LogP contribution in [0.2, 0.25) is 26.2 Å². The van der Waals surface area contributed by atoms with Gasteiger partial charge in [-0.1, -0.05) is 147 Å². The second-order valence-electron chi connectivity index (χ2n) is 21.3. The van der Waals surface area contributed by atoms with Crippen LogP contribution >= 0.6 is 0 Å². The van der Waals surface area contributed by atoms with E-state index < -0.39 is 16.1 Å². The quantitative estimate of drug-likeness (QED) is 0.156. The number of furan rings is 2. The molecule has 0 radical (unpaired) electrons. The minimum atomic E-state index is -2.41. The molecule has 0 N–H and O–H groups in total. The summed E-state index contributed by atoms with van der Waals surface area (Å²) in [6, 6.07) is 59.0. The first-order valence-corrected chi connectivity index (χ1v) is 30.8. The molecule has 2 aromatic heterocycles. The molecule has 0 saturated heterocycles. The van der Waals surface area contributed by atoms with Gasteiger partial charge in [0.2, 0.25) is 0 Å². The third kappa shape index (κ3) is 5.93. The maximum atomic E-state index is 7.18. The maximum absolute atomic E-state index is 7.18. The Labute approximate surface area is 412 Å². The molecule has 0 unspecified atom stereocenters. The van der Waals surface area contributed by atoms with Gasteiger partial charge in [0.15, 0.2) is 11.2 Å². The first-order chi connectivity index (χ1) is 33.7. The smallest absolute Gasteiger partial charge is 0.160 e. The van der Waals surface area contributed by atoms with Gasteiger partial charge in [-0.25, -0.2) is 0 Å². The molecule has 0 amide bonds. The second-order valence-corrected chi connectivity index (χ2v) is 29.9. The number of hydrogen-bond donors (Lipinski definition) is 0. The van der Waals surface area contributed by atoms with E-state index >= 15 is 0 Å². The Bertz CT molecular complexity index is 3790. The summed E-state index contributed by atoms with van der Waals surface area (Å²) in [5.74, 6) is 0. The highest BCUT2D eigenvalue weighted by atomic mass is 28.3. The van der Waals surface area contributed by atoms with E-state index in [4.69, 9.17) is 8.83 Å². The molecule has 4 heterocycles. The van der Waals surface area contributed by atoms with Crippen LogP contribution < -0.4 is 30.5 Å². The van der Waals surface area contributed by atoms with Gasteiger partial charge >= 0.3 is 0 Å². The first kappa shape index (κ1) is 42.7. The lowest BCUT2D eigenvalue weighted by Gasteiger charge is -2.30. The van der Waals surface area contributed by atoms with Gasteiger partial charge in [0.1, 0.15) is 27.3 Å². The number of para-hydroxylation sites is 4. The molecule has 13 rings (SSSR count). The molecule has 70 heavy (non-hydrogen) atoms. The van der Waals surface area contributed by atoms with E-state index in [-0.39, 0.29) is 0 Å². The molecular formula is C64H56N2O2Si2. The third-order valence-electron chi connectivity index (χ3n) is 16.0. The fourth-order valence-electron chi connectivity index (χ4n) is 12.5. The number of rotatable bonds is 6. The van der Waals surface area contributed by atoms with Gasteiger partial charge in [-0.3, -0.25) is 0 Å².